The normalized spacial score (nSPS) is 11.4. The number of hydrogen-bond donors (Lipinski definition) is 2. The van der Waals surface area contributed by atoms with E-state index in [0.717, 1.165) is 6.08 Å². The van der Waals surface area contributed by atoms with E-state index in [9.17, 15) is 4.79 Å². The molecular weight excluding hydrogens is 112 g/mol. The van der Waals surface area contributed by atoms with Gasteiger partial charge in [0.1, 0.15) is 0 Å². The highest BCUT2D eigenvalue weighted by Crippen LogP contribution is 1.94. The highest BCUT2D eigenvalue weighted by Gasteiger charge is 1.84. The molecule has 0 aliphatic heterocycles. The smallest absolute Gasteiger partial charge is 0.329 e. The number of carbonyl (C=O) groups is 1. The minimum Gasteiger partial charge on any atom is -0.478 e. The Morgan fingerprint density at radius 2 is 2.29 bits per heavy atom. The first-order chi connectivity index (χ1) is 3.13. The van der Waals surface area contributed by atoms with Crippen LogP contribution < -0.4 is 0 Å². The largest absolute Gasteiger partial charge is 0.478 e. The van der Waals surface area contributed by atoms with Crippen molar-refractivity contribution >= 4 is 18.6 Å². The molecule has 0 bridgehead atoms. The second-order valence-electron chi connectivity index (χ2n) is 1.12. The van der Waals surface area contributed by atoms with Gasteiger partial charge < -0.3 is 5.11 Å². The van der Waals surface area contributed by atoms with Crippen LogP contribution in [0.2, 0.25) is 0 Å². The van der Waals surface area contributed by atoms with Crippen molar-refractivity contribution in [1.29, 1.82) is 0 Å². The molecule has 0 spiro atoms. The molecule has 0 saturated carbocycles. The lowest BCUT2D eigenvalue weighted by atomic mass is 10.5. The predicted octanol–water partition coefficient (Wildman–Crippen LogP) is 0.905. The molecule has 1 N–H and O–H groups in total. The summed E-state index contributed by atoms with van der Waals surface area (Å²) < 4.78 is 0. The van der Waals surface area contributed by atoms with Crippen LogP contribution in [0.15, 0.2) is 11.0 Å². The van der Waals surface area contributed by atoms with Gasteiger partial charge in [0.2, 0.25) is 0 Å². The first-order valence-electron chi connectivity index (χ1n) is 1.73. The summed E-state index contributed by atoms with van der Waals surface area (Å²) in [5.41, 5.74) is 0. The quantitative estimate of drug-likeness (QED) is 0.396. The Hall–Kier alpha value is -0.440. The zero-order chi connectivity index (χ0) is 5.86. The fourth-order valence-electron chi connectivity index (χ4n) is 0.179. The standard InChI is InChI=1S/C4H6O2S/c1-3(7)2-4(5)6/h2,7H,1H3,(H,5,6)/b3-2-. The molecular formula is C4H6O2S. The number of aliphatic carboxylic acids is 1. The Morgan fingerprint density at radius 3 is 2.29 bits per heavy atom. The summed E-state index contributed by atoms with van der Waals surface area (Å²) in [5.74, 6) is -0.951. The molecule has 0 aliphatic carbocycles. The SMILES string of the molecule is C/C(S)=C/C(=O)O. The molecule has 0 aromatic carbocycles. The van der Waals surface area contributed by atoms with Crippen molar-refractivity contribution in [2.45, 2.75) is 6.92 Å². The van der Waals surface area contributed by atoms with E-state index in [1.165, 1.54) is 0 Å². The molecule has 0 fully saturated rings. The van der Waals surface area contributed by atoms with E-state index in [0.29, 0.717) is 4.91 Å². The number of carboxylic acids is 1. The average molecular weight is 118 g/mol. The molecule has 0 atom stereocenters. The Labute approximate surface area is 47.3 Å². The maximum absolute atomic E-state index is 9.68. The zero-order valence-electron chi connectivity index (χ0n) is 3.88. The molecule has 2 nitrogen and oxygen atoms in total. The fraction of sp³-hybridized carbons (Fsp3) is 0.250. The Morgan fingerprint density at radius 1 is 1.86 bits per heavy atom. The fourth-order valence-corrected chi connectivity index (χ4v) is 0.289. The molecule has 0 radical (unpaired) electrons. The van der Waals surface area contributed by atoms with Crippen molar-refractivity contribution < 1.29 is 9.90 Å². The summed E-state index contributed by atoms with van der Waals surface area (Å²) in [6.45, 7) is 1.61. The third kappa shape index (κ3) is 5.56. The van der Waals surface area contributed by atoms with E-state index in [-0.39, 0.29) is 0 Å². The molecule has 0 aliphatic rings. The first kappa shape index (κ1) is 6.56. The Bertz CT molecular complexity index is 102. The van der Waals surface area contributed by atoms with Gasteiger partial charge in [0, 0.05) is 6.08 Å². The lowest BCUT2D eigenvalue weighted by molar-refractivity contribution is -0.131. The second-order valence-corrected chi connectivity index (χ2v) is 1.83. The van der Waals surface area contributed by atoms with Crippen LogP contribution in [0, 0.1) is 0 Å². The van der Waals surface area contributed by atoms with Crippen LogP contribution in [0.25, 0.3) is 0 Å². The highest BCUT2D eigenvalue weighted by atomic mass is 32.1. The third-order valence-electron chi connectivity index (χ3n) is 0.332. The summed E-state index contributed by atoms with van der Waals surface area (Å²) in [7, 11) is 0. The van der Waals surface area contributed by atoms with Gasteiger partial charge in [-0.25, -0.2) is 4.79 Å². The molecule has 0 unspecified atom stereocenters. The van der Waals surface area contributed by atoms with Crippen LogP contribution in [-0.2, 0) is 4.79 Å². The Kier molecular flexibility index (Phi) is 2.52. The summed E-state index contributed by atoms with van der Waals surface area (Å²) in [6.07, 6.45) is 1.03. The van der Waals surface area contributed by atoms with Crippen LogP contribution in [0.3, 0.4) is 0 Å². The van der Waals surface area contributed by atoms with Crippen molar-refractivity contribution in [3.8, 4) is 0 Å². The van der Waals surface area contributed by atoms with Gasteiger partial charge in [-0.05, 0) is 11.8 Å². The minimum atomic E-state index is -0.951. The van der Waals surface area contributed by atoms with Crippen LogP contribution in [-0.4, -0.2) is 11.1 Å². The van der Waals surface area contributed by atoms with E-state index >= 15 is 0 Å². The van der Waals surface area contributed by atoms with Crippen molar-refractivity contribution in [2.75, 3.05) is 0 Å². The van der Waals surface area contributed by atoms with E-state index in [4.69, 9.17) is 5.11 Å². The van der Waals surface area contributed by atoms with Gasteiger partial charge in [-0.3, -0.25) is 0 Å². The third-order valence-corrected chi connectivity index (χ3v) is 0.461. The van der Waals surface area contributed by atoms with Crippen molar-refractivity contribution in [1.82, 2.24) is 0 Å². The number of hydrogen-bond acceptors (Lipinski definition) is 2. The van der Waals surface area contributed by atoms with Crippen molar-refractivity contribution in [3.05, 3.63) is 11.0 Å². The maximum Gasteiger partial charge on any atom is 0.329 e. The monoisotopic (exact) mass is 118 g/mol. The number of thiol groups is 1. The molecule has 0 heterocycles. The lowest BCUT2D eigenvalue weighted by Gasteiger charge is -1.79. The zero-order valence-corrected chi connectivity index (χ0v) is 4.77. The molecule has 3 heteroatoms. The van der Waals surface area contributed by atoms with Gasteiger partial charge in [0.05, 0.1) is 0 Å². The van der Waals surface area contributed by atoms with Crippen molar-refractivity contribution in [2.24, 2.45) is 0 Å². The lowest BCUT2D eigenvalue weighted by Crippen LogP contribution is -1.85. The van der Waals surface area contributed by atoms with Gasteiger partial charge in [-0.1, -0.05) is 0 Å². The predicted molar refractivity (Wildman–Crippen MR) is 30.4 cm³/mol. The molecule has 7 heavy (non-hydrogen) atoms. The molecule has 0 aromatic heterocycles. The number of carboxylic acid groups (broad SMARTS) is 1. The first-order valence-corrected chi connectivity index (χ1v) is 2.18. The molecule has 0 saturated heterocycles. The summed E-state index contributed by atoms with van der Waals surface area (Å²) >= 11 is 3.72. The van der Waals surface area contributed by atoms with Gasteiger partial charge in [-0.2, -0.15) is 0 Å². The van der Waals surface area contributed by atoms with Gasteiger partial charge in [0.15, 0.2) is 0 Å². The summed E-state index contributed by atoms with van der Waals surface area (Å²) in [5, 5.41) is 7.96. The van der Waals surface area contributed by atoms with Crippen LogP contribution in [0.4, 0.5) is 0 Å². The molecule has 0 rings (SSSR count). The van der Waals surface area contributed by atoms with Crippen molar-refractivity contribution in [3.63, 3.8) is 0 Å². The molecule has 40 valence electrons. The number of rotatable bonds is 1. The van der Waals surface area contributed by atoms with Gasteiger partial charge >= 0.3 is 5.97 Å². The van der Waals surface area contributed by atoms with Crippen LogP contribution in [0.5, 0.6) is 0 Å². The van der Waals surface area contributed by atoms with E-state index < -0.39 is 5.97 Å². The van der Waals surface area contributed by atoms with E-state index in [1.54, 1.807) is 6.92 Å². The summed E-state index contributed by atoms with van der Waals surface area (Å²) in [4.78, 5) is 10.2. The van der Waals surface area contributed by atoms with Crippen LogP contribution >= 0.6 is 12.6 Å². The number of allylic oxidation sites excluding steroid dienone is 1. The molecule has 0 aromatic rings. The van der Waals surface area contributed by atoms with E-state index in [2.05, 4.69) is 12.6 Å². The van der Waals surface area contributed by atoms with Gasteiger partial charge in [-0.15, -0.1) is 12.6 Å². The highest BCUT2D eigenvalue weighted by molar-refractivity contribution is 7.84. The van der Waals surface area contributed by atoms with Crippen LogP contribution in [0.1, 0.15) is 6.92 Å². The average Bonchev–Trinajstić information content (AvgIpc) is 1.27. The summed E-state index contributed by atoms with van der Waals surface area (Å²) in [6, 6.07) is 0. The van der Waals surface area contributed by atoms with E-state index in [1.807, 2.05) is 0 Å². The van der Waals surface area contributed by atoms with Gasteiger partial charge in [0.25, 0.3) is 0 Å². The Balaban J connectivity index is 3.68. The maximum atomic E-state index is 9.68. The molecule has 0 amide bonds. The minimum absolute atomic E-state index is 0.507. The topological polar surface area (TPSA) is 37.3 Å². The second kappa shape index (κ2) is 2.69.